The SMILES string of the molecule is NC(=O)C[C@H](NC(=O)OCc1ccccc1)C(=O)O.S. The second kappa shape index (κ2) is 8.81. The van der Waals surface area contributed by atoms with Crippen LogP contribution in [0.5, 0.6) is 0 Å². The normalized spacial score (nSPS) is 10.8. The van der Waals surface area contributed by atoms with Crippen molar-refractivity contribution in [3.63, 3.8) is 0 Å². The first kappa shape index (κ1) is 17.8. The zero-order valence-corrected chi connectivity index (χ0v) is 11.5. The van der Waals surface area contributed by atoms with Gasteiger partial charge in [0.2, 0.25) is 5.91 Å². The predicted octanol–water partition coefficient (Wildman–Crippen LogP) is 0.354. The number of carbonyl (C=O) groups is 3. The molecule has 0 radical (unpaired) electrons. The predicted molar refractivity (Wildman–Crippen MR) is 75.4 cm³/mol. The molecule has 0 aliphatic heterocycles. The molecule has 0 aliphatic carbocycles. The highest BCUT2D eigenvalue weighted by atomic mass is 32.1. The van der Waals surface area contributed by atoms with E-state index in [0.717, 1.165) is 5.56 Å². The maximum Gasteiger partial charge on any atom is 0.408 e. The van der Waals surface area contributed by atoms with E-state index in [4.69, 9.17) is 15.6 Å². The van der Waals surface area contributed by atoms with Crippen LogP contribution in [0.1, 0.15) is 12.0 Å². The highest BCUT2D eigenvalue weighted by Gasteiger charge is 2.22. The number of carboxylic acid groups (broad SMARTS) is 1. The van der Waals surface area contributed by atoms with Crippen molar-refractivity contribution in [2.45, 2.75) is 19.1 Å². The zero-order chi connectivity index (χ0) is 14.3. The minimum absolute atomic E-state index is 0. The van der Waals surface area contributed by atoms with Crippen LogP contribution in [0.4, 0.5) is 4.79 Å². The van der Waals surface area contributed by atoms with Gasteiger partial charge in [-0.3, -0.25) is 4.79 Å². The quantitative estimate of drug-likeness (QED) is 0.700. The maximum atomic E-state index is 11.4. The number of carboxylic acids is 1. The topological polar surface area (TPSA) is 119 Å². The van der Waals surface area contributed by atoms with E-state index in [-0.39, 0.29) is 20.1 Å². The summed E-state index contributed by atoms with van der Waals surface area (Å²) in [6.45, 7) is 0.00951. The summed E-state index contributed by atoms with van der Waals surface area (Å²) in [4.78, 5) is 32.8. The van der Waals surface area contributed by atoms with Gasteiger partial charge in [0.15, 0.2) is 0 Å². The third-order valence-corrected chi connectivity index (χ3v) is 2.21. The summed E-state index contributed by atoms with van der Waals surface area (Å²) >= 11 is 0. The first-order chi connectivity index (χ1) is 8.99. The smallest absolute Gasteiger partial charge is 0.408 e. The Morgan fingerprint density at radius 1 is 1.25 bits per heavy atom. The van der Waals surface area contributed by atoms with E-state index in [1.54, 1.807) is 24.3 Å². The monoisotopic (exact) mass is 300 g/mol. The summed E-state index contributed by atoms with van der Waals surface area (Å²) in [6, 6.07) is 7.50. The number of hydrogen-bond donors (Lipinski definition) is 3. The molecular formula is C12H16N2O5S. The molecule has 0 aliphatic rings. The van der Waals surface area contributed by atoms with Gasteiger partial charge < -0.3 is 20.9 Å². The molecule has 0 unspecified atom stereocenters. The van der Waals surface area contributed by atoms with Crippen molar-refractivity contribution in [1.82, 2.24) is 5.32 Å². The van der Waals surface area contributed by atoms with E-state index in [0.29, 0.717) is 0 Å². The van der Waals surface area contributed by atoms with Crippen LogP contribution < -0.4 is 11.1 Å². The molecule has 8 heteroatoms. The molecule has 1 aromatic rings. The Morgan fingerprint density at radius 2 is 1.85 bits per heavy atom. The Morgan fingerprint density at radius 3 is 2.35 bits per heavy atom. The Kier molecular flexibility index (Phi) is 7.83. The third-order valence-electron chi connectivity index (χ3n) is 2.21. The number of carbonyl (C=O) groups excluding carboxylic acids is 2. The Labute approximate surface area is 122 Å². The lowest BCUT2D eigenvalue weighted by atomic mass is 10.2. The van der Waals surface area contributed by atoms with Crippen molar-refractivity contribution < 1.29 is 24.2 Å². The van der Waals surface area contributed by atoms with Crippen molar-refractivity contribution in [3.05, 3.63) is 35.9 Å². The summed E-state index contributed by atoms with van der Waals surface area (Å²) in [5.41, 5.74) is 5.64. The van der Waals surface area contributed by atoms with Gasteiger partial charge in [-0.15, -0.1) is 0 Å². The molecule has 2 amide bonds. The standard InChI is InChI=1S/C12H14N2O5.H2S/c13-10(15)6-9(11(16)17)14-12(18)19-7-8-4-2-1-3-5-8;/h1-5,9H,6-7H2,(H2,13,15)(H,14,18)(H,16,17);1H2/t9-;/m0./s1. The summed E-state index contributed by atoms with van der Waals surface area (Å²) in [7, 11) is 0. The zero-order valence-electron chi connectivity index (χ0n) is 10.5. The number of alkyl carbamates (subject to hydrolysis) is 1. The number of primary amides is 1. The lowest BCUT2D eigenvalue weighted by Crippen LogP contribution is -2.43. The number of hydrogen-bond acceptors (Lipinski definition) is 4. The minimum atomic E-state index is -1.39. The molecule has 0 heterocycles. The van der Waals surface area contributed by atoms with Gasteiger partial charge in [-0.1, -0.05) is 30.3 Å². The van der Waals surface area contributed by atoms with Crippen LogP contribution in [-0.4, -0.2) is 29.1 Å². The van der Waals surface area contributed by atoms with Crippen molar-refractivity contribution in [2.75, 3.05) is 0 Å². The summed E-state index contributed by atoms with van der Waals surface area (Å²) in [5, 5.41) is 10.8. The van der Waals surface area contributed by atoms with Crippen LogP contribution in [0.25, 0.3) is 0 Å². The third kappa shape index (κ3) is 6.64. The van der Waals surface area contributed by atoms with Crippen LogP contribution in [-0.2, 0) is 20.9 Å². The van der Waals surface area contributed by atoms with E-state index in [2.05, 4.69) is 5.32 Å². The van der Waals surface area contributed by atoms with Gasteiger partial charge in [-0.05, 0) is 5.56 Å². The summed E-state index contributed by atoms with van der Waals surface area (Å²) < 4.78 is 4.82. The number of nitrogens with one attached hydrogen (secondary N) is 1. The van der Waals surface area contributed by atoms with E-state index in [9.17, 15) is 14.4 Å². The molecule has 0 aromatic heterocycles. The van der Waals surface area contributed by atoms with Gasteiger partial charge in [0.1, 0.15) is 12.6 Å². The number of amides is 2. The maximum absolute atomic E-state index is 11.4. The van der Waals surface area contributed by atoms with Crippen LogP contribution >= 0.6 is 13.5 Å². The summed E-state index contributed by atoms with van der Waals surface area (Å²) in [5.74, 6) is -2.17. The van der Waals surface area contributed by atoms with Gasteiger partial charge in [0.25, 0.3) is 0 Å². The van der Waals surface area contributed by atoms with Crippen LogP contribution in [0.2, 0.25) is 0 Å². The molecule has 4 N–H and O–H groups in total. The van der Waals surface area contributed by atoms with Gasteiger partial charge in [-0.2, -0.15) is 13.5 Å². The molecule has 0 saturated heterocycles. The summed E-state index contributed by atoms with van der Waals surface area (Å²) in [6.07, 6.45) is -1.41. The molecule has 1 rings (SSSR count). The molecule has 110 valence electrons. The van der Waals surface area contributed by atoms with Crippen molar-refractivity contribution in [1.29, 1.82) is 0 Å². The Balaban J connectivity index is 0.00000361. The van der Waals surface area contributed by atoms with Gasteiger partial charge in [0.05, 0.1) is 6.42 Å². The number of nitrogens with two attached hydrogens (primary N) is 1. The molecule has 1 aromatic carbocycles. The Hall–Kier alpha value is -2.22. The first-order valence-electron chi connectivity index (χ1n) is 5.47. The second-order valence-corrected chi connectivity index (χ2v) is 3.77. The number of benzene rings is 1. The average Bonchev–Trinajstić information content (AvgIpc) is 2.36. The molecule has 0 bridgehead atoms. The molecule has 0 saturated carbocycles. The van der Waals surface area contributed by atoms with Crippen LogP contribution in [0.3, 0.4) is 0 Å². The lowest BCUT2D eigenvalue weighted by molar-refractivity contribution is -0.141. The van der Waals surface area contributed by atoms with Gasteiger partial charge >= 0.3 is 12.1 Å². The Bertz CT molecular complexity index is 466. The van der Waals surface area contributed by atoms with E-state index in [1.807, 2.05) is 6.07 Å². The van der Waals surface area contributed by atoms with Crippen LogP contribution in [0.15, 0.2) is 30.3 Å². The van der Waals surface area contributed by atoms with Crippen molar-refractivity contribution >= 4 is 31.5 Å². The molecule has 1 atom stereocenters. The minimum Gasteiger partial charge on any atom is -0.480 e. The highest BCUT2D eigenvalue weighted by Crippen LogP contribution is 2.01. The molecule has 0 fully saturated rings. The average molecular weight is 300 g/mol. The van der Waals surface area contributed by atoms with Gasteiger partial charge in [-0.25, -0.2) is 9.59 Å². The molecule has 0 spiro atoms. The fourth-order valence-electron chi connectivity index (χ4n) is 1.31. The van der Waals surface area contributed by atoms with Gasteiger partial charge in [0, 0.05) is 0 Å². The second-order valence-electron chi connectivity index (χ2n) is 3.77. The lowest BCUT2D eigenvalue weighted by Gasteiger charge is -2.12. The largest absolute Gasteiger partial charge is 0.480 e. The number of rotatable bonds is 6. The fraction of sp³-hybridized carbons (Fsp3) is 0.250. The molecular weight excluding hydrogens is 284 g/mol. The fourth-order valence-corrected chi connectivity index (χ4v) is 1.31. The molecule has 7 nitrogen and oxygen atoms in total. The van der Waals surface area contributed by atoms with E-state index < -0.39 is 30.4 Å². The molecule has 20 heavy (non-hydrogen) atoms. The number of ether oxygens (including phenoxy) is 1. The van der Waals surface area contributed by atoms with Crippen molar-refractivity contribution in [2.24, 2.45) is 5.73 Å². The highest BCUT2D eigenvalue weighted by molar-refractivity contribution is 7.59. The van der Waals surface area contributed by atoms with E-state index in [1.165, 1.54) is 0 Å². The first-order valence-corrected chi connectivity index (χ1v) is 5.47. The van der Waals surface area contributed by atoms with E-state index >= 15 is 0 Å². The number of aliphatic carboxylic acids is 1. The van der Waals surface area contributed by atoms with Crippen LogP contribution in [0, 0.1) is 0 Å². The van der Waals surface area contributed by atoms with Crippen molar-refractivity contribution in [3.8, 4) is 0 Å².